The predicted octanol–water partition coefficient (Wildman–Crippen LogP) is 2.07. The molecule has 0 atom stereocenters. The van der Waals surface area contributed by atoms with E-state index in [-0.39, 0.29) is 12.2 Å². The van der Waals surface area contributed by atoms with Crippen LogP contribution in [0.5, 0.6) is 0 Å². The van der Waals surface area contributed by atoms with Crippen molar-refractivity contribution in [1.82, 2.24) is 0 Å². The van der Waals surface area contributed by atoms with E-state index in [1.807, 2.05) is 0 Å². The second kappa shape index (κ2) is 3.76. The van der Waals surface area contributed by atoms with E-state index >= 15 is 0 Å². The highest BCUT2D eigenvalue weighted by Gasteiger charge is 2.40. The molecular formula is C12H9F2NO2. The van der Waals surface area contributed by atoms with Crippen LogP contribution in [0, 0.1) is 11.6 Å². The minimum Gasteiger partial charge on any atom is -0.298 e. The first-order valence-corrected chi connectivity index (χ1v) is 4.92. The summed E-state index contributed by atoms with van der Waals surface area (Å²) < 4.78 is 27.0. The zero-order valence-corrected chi connectivity index (χ0v) is 9.09. The molecule has 1 heterocycles. The SMILES string of the molecule is C=C(C)CN1C(=O)C(=O)c2c(F)ccc(F)c21. The molecule has 3 nitrogen and oxygen atoms in total. The van der Waals surface area contributed by atoms with Gasteiger partial charge in [-0.05, 0) is 19.1 Å². The molecule has 17 heavy (non-hydrogen) atoms. The summed E-state index contributed by atoms with van der Waals surface area (Å²) in [6, 6.07) is 1.73. The van der Waals surface area contributed by atoms with Crippen molar-refractivity contribution in [3.63, 3.8) is 0 Å². The highest BCUT2D eigenvalue weighted by molar-refractivity contribution is 6.52. The Balaban J connectivity index is 2.63. The Kier molecular flexibility index (Phi) is 2.53. The molecule has 1 aliphatic rings. The molecule has 1 amide bonds. The third-order valence-corrected chi connectivity index (χ3v) is 2.44. The van der Waals surface area contributed by atoms with Crippen LogP contribution in [0.1, 0.15) is 17.3 Å². The van der Waals surface area contributed by atoms with Gasteiger partial charge in [0.2, 0.25) is 0 Å². The van der Waals surface area contributed by atoms with E-state index in [1.54, 1.807) is 6.92 Å². The number of rotatable bonds is 2. The van der Waals surface area contributed by atoms with Crippen LogP contribution in [0.25, 0.3) is 0 Å². The van der Waals surface area contributed by atoms with E-state index in [0.717, 1.165) is 17.0 Å². The summed E-state index contributed by atoms with van der Waals surface area (Å²) >= 11 is 0. The topological polar surface area (TPSA) is 37.4 Å². The number of benzene rings is 1. The fourth-order valence-corrected chi connectivity index (χ4v) is 1.77. The summed E-state index contributed by atoms with van der Waals surface area (Å²) in [7, 11) is 0. The van der Waals surface area contributed by atoms with Gasteiger partial charge in [0, 0.05) is 6.54 Å². The summed E-state index contributed by atoms with van der Waals surface area (Å²) in [5, 5.41) is 0. The third-order valence-electron chi connectivity index (χ3n) is 2.44. The maximum Gasteiger partial charge on any atom is 0.299 e. The number of Topliss-reactive ketones (excluding diaryl/α,β-unsaturated/α-hetero) is 1. The molecule has 0 bridgehead atoms. The summed E-state index contributed by atoms with van der Waals surface area (Å²) in [6.45, 7) is 5.21. The van der Waals surface area contributed by atoms with Crippen molar-refractivity contribution in [1.29, 1.82) is 0 Å². The normalized spacial score (nSPS) is 14.2. The zero-order chi connectivity index (χ0) is 12.7. The van der Waals surface area contributed by atoms with Gasteiger partial charge < -0.3 is 0 Å². The van der Waals surface area contributed by atoms with Crippen LogP contribution in [0.4, 0.5) is 14.5 Å². The minimum atomic E-state index is -1.02. The van der Waals surface area contributed by atoms with Gasteiger partial charge in [-0.25, -0.2) is 8.78 Å². The number of halogens is 2. The Morgan fingerprint density at radius 2 is 1.88 bits per heavy atom. The van der Waals surface area contributed by atoms with Gasteiger partial charge in [-0.1, -0.05) is 12.2 Å². The van der Waals surface area contributed by atoms with Crippen LogP contribution >= 0.6 is 0 Å². The molecule has 0 saturated carbocycles. The number of ketones is 1. The molecule has 1 aromatic carbocycles. The lowest BCUT2D eigenvalue weighted by molar-refractivity contribution is -0.114. The molecule has 0 saturated heterocycles. The Bertz CT molecular complexity index is 552. The molecule has 2 rings (SSSR count). The zero-order valence-electron chi connectivity index (χ0n) is 9.09. The summed E-state index contributed by atoms with van der Waals surface area (Å²) in [6.07, 6.45) is 0. The van der Waals surface area contributed by atoms with Crippen LogP contribution in [-0.4, -0.2) is 18.2 Å². The fourth-order valence-electron chi connectivity index (χ4n) is 1.77. The fraction of sp³-hybridized carbons (Fsp3) is 0.167. The lowest BCUT2D eigenvalue weighted by atomic mass is 10.1. The van der Waals surface area contributed by atoms with Gasteiger partial charge in [0.1, 0.15) is 11.6 Å². The highest BCUT2D eigenvalue weighted by Crippen LogP contribution is 2.33. The quantitative estimate of drug-likeness (QED) is 0.583. The Hall–Kier alpha value is -2.04. The van der Waals surface area contributed by atoms with Crippen LogP contribution < -0.4 is 4.90 Å². The molecule has 0 spiro atoms. The monoisotopic (exact) mass is 237 g/mol. The second-order valence-electron chi connectivity index (χ2n) is 3.93. The average Bonchev–Trinajstić information content (AvgIpc) is 2.49. The number of fused-ring (bicyclic) bond motifs is 1. The van der Waals surface area contributed by atoms with Crippen LogP contribution in [0.3, 0.4) is 0 Å². The lowest BCUT2D eigenvalue weighted by Crippen LogP contribution is -2.31. The van der Waals surface area contributed by atoms with E-state index in [0.29, 0.717) is 5.57 Å². The molecular weight excluding hydrogens is 228 g/mol. The summed E-state index contributed by atoms with van der Waals surface area (Å²) in [4.78, 5) is 24.1. The summed E-state index contributed by atoms with van der Waals surface area (Å²) in [5.41, 5.74) is -0.207. The van der Waals surface area contributed by atoms with Crippen LogP contribution in [0.2, 0.25) is 0 Å². The van der Waals surface area contributed by atoms with Crippen LogP contribution in [-0.2, 0) is 4.79 Å². The highest BCUT2D eigenvalue weighted by atomic mass is 19.1. The first-order valence-electron chi connectivity index (χ1n) is 4.92. The molecule has 5 heteroatoms. The number of hydrogen-bond acceptors (Lipinski definition) is 2. The minimum absolute atomic E-state index is 0.00204. The van der Waals surface area contributed by atoms with Crippen molar-refractivity contribution in [2.24, 2.45) is 0 Å². The van der Waals surface area contributed by atoms with Crippen LogP contribution in [0.15, 0.2) is 24.3 Å². The molecule has 0 N–H and O–H groups in total. The molecule has 1 aliphatic heterocycles. The third kappa shape index (κ3) is 1.63. The van der Waals surface area contributed by atoms with Gasteiger partial charge in [-0.15, -0.1) is 0 Å². The smallest absolute Gasteiger partial charge is 0.298 e. The number of carbonyl (C=O) groups excluding carboxylic acids is 2. The van der Waals surface area contributed by atoms with E-state index < -0.39 is 28.9 Å². The average molecular weight is 237 g/mol. The molecule has 0 aromatic heterocycles. The Labute approximate surface area is 96.3 Å². The van der Waals surface area contributed by atoms with Crippen molar-refractivity contribution < 1.29 is 18.4 Å². The molecule has 1 aromatic rings. The lowest BCUT2D eigenvalue weighted by Gasteiger charge is -2.16. The summed E-state index contributed by atoms with van der Waals surface area (Å²) in [5.74, 6) is -3.61. The number of anilines is 1. The van der Waals surface area contributed by atoms with Crippen molar-refractivity contribution in [2.75, 3.05) is 11.4 Å². The van der Waals surface area contributed by atoms with Gasteiger partial charge in [0.15, 0.2) is 0 Å². The largest absolute Gasteiger partial charge is 0.299 e. The van der Waals surface area contributed by atoms with Gasteiger partial charge in [-0.3, -0.25) is 14.5 Å². The van der Waals surface area contributed by atoms with Crippen molar-refractivity contribution in [3.05, 3.63) is 41.5 Å². The van der Waals surface area contributed by atoms with E-state index in [4.69, 9.17) is 0 Å². The molecule has 88 valence electrons. The maximum atomic E-state index is 13.6. The standard InChI is InChI=1S/C12H9F2NO2/c1-6(2)5-15-10-8(14)4-3-7(13)9(10)11(16)12(15)17/h3-4H,1,5H2,2H3. The predicted molar refractivity (Wildman–Crippen MR) is 57.9 cm³/mol. The van der Waals surface area contributed by atoms with Gasteiger partial charge >= 0.3 is 0 Å². The number of nitrogens with zero attached hydrogens (tertiary/aromatic N) is 1. The Morgan fingerprint density at radius 3 is 2.47 bits per heavy atom. The first-order chi connectivity index (χ1) is 7.93. The van der Waals surface area contributed by atoms with E-state index in [2.05, 4.69) is 6.58 Å². The molecule has 0 aliphatic carbocycles. The van der Waals surface area contributed by atoms with Crippen molar-refractivity contribution in [2.45, 2.75) is 6.92 Å². The molecule has 0 fully saturated rings. The first kappa shape index (κ1) is 11.4. The van der Waals surface area contributed by atoms with Gasteiger partial charge in [0.05, 0.1) is 11.3 Å². The Morgan fingerprint density at radius 1 is 1.29 bits per heavy atom. The number of hydrogen-bond donors (Lipinski definition) is 0. The second-order valence-corrected chi connectivity index (χ2v) is 3.93. The molecule has 0 unspecified atom stereocenters. The van der Waals surface area contributed by atoms with Gasteiger partial charge in [-0.2, -0.15) is 0 Å². The number of amides is 1. The van der Waals surface area contributed by atoms with E-state index in [1.165, 1.54) is 0 Å². The number of carbonyl (C=O) groups is 2. The maximum absolute atomic E-state index is 13.6. The van der Waals surface area contributed by atoms with Crippen molar-refractivity contribution in [3.8, 4) is 0 Å². The van der Waals surface area contributed by atoms with Gasteiger partial charge in [0.25, 0.3) is 11.7 Å². The molecule has 0 radical (unpaired) electrons. The van der Waals surface area contributed by atoms with E-state index in [9.17, 15) is 18.4 Å². The van der Waals surface area contributed by atoms with Crippen molar-refractivity contribution >= 4 is 17.4 Å².